The van der Waals surface area contributed by atoms with E-state index < -0.39 is 0 Å². The maximum Gasteiger partial charge on any atom is 0.278 e. The fourth-order valence-corrected chi connectivity index (χ4v) is 2.37. The van der Waals surface area contributed by atoms with Gasteiger partial charge in [-0.25, -0.2) is 9.97 Å². The molecule has 2 aromatic heterocycles. The molecule has 5 heteroatoms. The Balaban J connectivity index is 1.99. The van der Waals surface area contributed by atoms with Gasteiger partial charge >= 0.3 is 0 Å². The Kier molecular flexibility index (Phi) is 4.71. The standard InChI is InChI=1S/C14H22N4O/c1-3-4-5-6-7-8-11(2)18-10-17-12-13(18)15-9-16-14(12)19/h9-11H,3-8H2,1-2H3,(H,15,16,19). The molecule has 0 fully saturated rings. The van der Waals surface area contributed by atoms with E-state index in [1.54, 1.807) is 6.33 Å². The van der Waals surface area contributed by atoms with Gasteiger partial charge in [0.05, 0.1) is 12.7 Å². The molecule has 1 unspecified atom stereocenters. The van der Waals surface area contributed by atoms with Gasteiger partial charge in [-0.2, -0.15) is 0 Å². The van der Waals surface area contributed by atoms with Crippen LogP contribution in [0.3, 0.4) is 0 Å². The Morgan fingerprint density at radius 1 is 1.26 bits per heavy atom. The number of rotatable bonds is 7. The van der Waals surface area contributed by atoms with Gasteiger partial charge in [0.1, 0.15) is 0 Å². The molecule has 0 aliphatic rings. The summed E-state index contributed by atoms with van der Waals surface area (Å²) in [6.07, 6.45) is 10.7. The summed E-state index contributed by atoms with van der Waals surface area (Å²) in [7, 11) is 0. The second kappa shape index (κ2) is 6.50. The topological polar surface area (TPSA) is 63.6 Å². The van der Waals surface area contributed by atoms with Crippen molar-refractivity contribution < 1.29 is 0 Å². The first-order valence-corrected chi connectivity index (χ1v) is 7.14. The van der Waals surface area contributed by atoms with Crippen LogP contribution in [0.2, 0.25) is 0 Å². The van der Waals surface area contributed by atoms with E-state index in [9.17, 15) is 4.79 Å². The van der Waals surface area contributed by atoms with Crippen molar-refractivity contribution in [2.75, 3.05) is 0 Å². The summed E-state index contributed by atoms with van der Waals surface area (Å²) in [6, 6.07) is 0.334. The van der Waals surface area contributed by atoms with Crippen LogP contribution in [0, 0.1) is 0 Å². The van der Waals surface area contributed by atoms with E-state index in [0.29, 0.717) is 17.2 Å². The molecule has 0 spiro atoms. The fraction of sp³-hybridized carbons (Fsp3) is 0.643. The summed E-state index contributed by atoms with van der Waals surface area (Å²) in [5, 5.41) is 0. The van der Waals surface area contributed by atoms with Gasteiger partial charge in [0.25, 0.3) is 5.56 Å². The average molecular weight is 262 g/mol. The zero-order valence-corrected chi connectivity index (χ0v) is 11.7. The van der Waals surface area contributed by atoms with E-state index in [2.05, 4.69) is 28.8 Å². The van der Waals surface area contributed by atoms with Crippen molar-refractivity contribution in [3.8, 4) is 0 Å². The summed E-state index contributed by atoms with van der Waals surface area (Å²) in [6.45, 7) is 4.38. The first-order chi connectivity index (χ1) is 9.24. The quantitative estimate of drug-likeness (QED) is 0.780. The van der Waals surface area contributed by atoms with Crippen LogP contribution in [-0.2, 0) is 0 Å². The summed E-state index contributed by atoms with van der Waals surface area (Å²) >= 11 is 0. The molecule has 0 aliphatic heterocycles. The minimum atomic E-state index is -0.168. The summed E-state index contributed by atoms with van der Waals surface area (Å²) < 4.78 is 2.00. The minimum Gasteiger partial charge on any atom is -0.312 e. The predicted octanol–water partition coefficient (Wildman–Crippen LogP) is 3.04. The molecule has 0 aromatic carbocycles. The Labute approximate surface area is 113 Å². The summed E-state index contributed by atoms with van der Waals surface area (Å²) in [4.78, 5) is 22.5. The number of imidazole rings is 1. The molecule has 2 rings (SSSR count). The van der Waals surface area contributed by atoms with Crippen molar-refractivity contribution in [2.24, 2.45) is 0 Å². The number of aromatic amines is 1. The van der Waals surface area contributed by atoms with Crippen molar-refractivity contribution in [3.05, 3.63) is 23.0 Å². The molecule has 0 bridgehead atoms. The summed E-state index contributed by atoms with van der Waals surface area (Å²) in [5.74, 6) is 0. The number of nitrogens with zero attached hydrogens (tertiary/aromatic N) is 3. The van der Waals surface area contributed by atoms with Crippen LogP contribution < -0.4 is 5.56 Å². The van der Waals surface area contributed by atoms with Gasteiger partial charge in [-0.3, -0.25) is 4.79 Å². The highest BCUT2D eigenvalue weighted by Gasteiger charge is 2.11. The number of nitrogens with one attached hydrogen (secondary N) is 1. The second-order valence-corrected chi connectivity index (χ2v) is 5.11. The van der Waals surface area contributed by atoms with Gasteiger partial charge in [0, 0.05) is 6.04 Å². The molecule has 1 N–H and O–H groups in total. The zero-order valence-electron chi connectivity index (χ0n) is 11.7. The Morgan fingerprint density at radius 2 is 2.05 bits per heavy atom. The van der Waals surface area contributed by atoms with Crippen molar-refractivity contribution in [2.45, 2.75) is 58.4 Å². The molecular formula is C14H22N4O. The monoisotopic (exact) mass is 262 g/mol. The molecular weight excluding hydrogens is 240 g/mol. The zero-order chi connectivity index (χ0) is 13.7. The predicted molar refractivity (Wildman–Crippen MR) is 76.2 cm³/mol. The minimum absolute atomic E-state index is 0.168. The van der Waals surface area contributed by atoms with E-state index in [-0.39, 0.29) is 5.56 Å². The smallest absolute Gasteiger partial charge is 0.278 e. The maximum atomic E-state index is 11.6. The number of fused-ring (bicyclic) bond motifs is 1. The number of aromatic nitrogens is 4. The highest BCUT2D eigenvalue weighted by molar-refractivity contribution is 5.68. The molecule has 2 aromatic rings. The van der Waals surface area contributed by atoms with Crippen LogP contribution in [0.25, 0.3) is 11.2 Å². The van der Waals surface area contributed by atoms with Crippen LogP contribution in [0.4, 0.5) is 0 Å². The highest BCUT2D eigenvalue weighted by Crippen LogP contribution is 2.19. The molecule has 0 saturated heterocycles. The van der Waals surface area contributed by atoms with Gasteiger partial charge in [-0.05, 0) is 13.3 Å². The van der Waals surface area contributed by atoms with E-state index >= 15 is 0 Å². The van der Waals surface area contributed by atoms with Gasteiger partial charge < -0.3 is 9.55 Å². The lowest BCUT2D eigenvalue weighted by Gasteiger charge is -2.13. The molecule has 5 nitrogen and oxygen atoms in total. The average Bonchev–Trinajstić information content (AvgIpc) is 2.84. The van der Waals surface area contributed by atoms with Crippen LogP contribution in [-0.4, -0.2) is 19.5 Å². The van der Waals surface area contributed by atoms with Gasteiger partial charge in [-0.1, -0.05) is 39.0 Å². The van der Waals surface area contributed by atoms with Crippen LogP contribution >= 0.6 is 0 Å². The van der Waals surface area contributed by atoms with Gasteiger partial charge in [-0.15, -0.1) is 0 Å². The van der Waals surface area contributed by atoms with Crippen molar-refractivity contribution in [1.82, 2.24) is 19.5 Å². The van der Waals surface area contributed by atoms with Crippen molar-refractivity contribution in [3.63, 3.8) is 0 Å². The van der Waals surface area contributed by atoms with Crippen LogP contribution in [0.1, 0.15) is 58.4 Å². The van der Waals surface area contributed by atoms with Gasteiger partial charge in [0.15, 0.2) is 11.2 Å². The third-order valence-corrected chi connectivity index (χ3v) is 3.57. The van der Waals surface area contributed by atoms with E-state index in [4.69, 9.17) is 0 Å². The first-order valence-electron chi connectivity index (χ1n) is 7.14. The Hall–Kier alpha value is -1.65. The van der Waals surface area contributed by atoms with Gasteiger partial charge in [0.2, 0.25) is 0 Å². The normalized spacial score (nSPS) is 12.9. The first kappa shape index (κ1) is 13.8. The Bertz CT molecular complexity index is 572. The molecule has 19 heavy (non-hydrogen) atoms. The number of unbranched alkanes of at least 4 members (excludes halogenated alkanes) is 4. The van der Waals surface area contributed by atoms with Crippen LogP contribution in [0.5, 0.6) is 0 Å². The SMILES string of the molecule is CCCCCCCC(C)n1cnc2c(=O)[nH]cnc21. The van der Waals surface area contributed by atoms with Crippen molar-refractivity contribution in [1.29, 1.82) is 0 Å². The largest absolute Gasteiger partial charge is 0.312 e. The molecule has 0 amide bonds. The van der Waals surface area contributed by atoms with E-state index in [1.807, 2.05) is 4.57 Å². The third kappa shape index (κ3) is 3.22. The molecule has 0 saturated carbocycles. The fourth-order valence-electron chi connectivity index (χ4n) is 2.37. The maximum absolute atomic E-state index is 11.6. The number of hydrogen-bond donors (Lipinski definition) is 1. The lowest BCUT2D eigenvalue weighted by Crippen LogP contribution is -2.09. The molecule has 1 atom stereocenters. The third-order valence-electron chi connectivity index (χ3n) is 3.57. The molecule has 0 aliphatic carbocycles. The number of hydrogen-bond acceptors (Lipinski definition) is 3. The molecule has 2 heterocycles. The number of H-pyrrole nitrogens is 1. The second-order valence-electron chi connectivity index (χ2n) is 5.11. The van der Waals surface area contributed by atoms with Crippen LogP contribution in [0.15, 0.2) is 17.4 Å². The van der Waals surface area contributed by atoms with E-state index in [1.165, 1.54) is 38.4 Å². The molecule has 0 radical (unpaired) electrons. The lowest BCUT2D eigenvalue weighted by molar-refractivity contribution is 0.476. The van der Waals surface area contributed by atoms with Crippen molar-refractivity contribution >= 4 is 11.2 Å². The molecule has 104 valence electrons. The lowest BCUT2D eigenvalue weighted by atomic mass is 10.1. The summed E-state index contributed by atoms with van der Waals surface area (Å²) in [5.41, 5.74) is 0.948. The Morgan fingerprint density at radius 3 is 2.84 bits per heavy atom. The highest BCUT2D eigenvalue weighted by atomic mass is 16.1. The van der Waals surface area contributed by atoms with E-state index in [0.717, 1.165) is 6.42 Å².